The van der Waals surface area contributed by atoms with Gasteiger partial charge in [0.05, 0.1) is 22.3 Å². The molecule has 5 aromatic rings. The summed E-state index contributed by atoms with van der Waals surface area (Å²) in [6, 6.07) is 15.2. The van der Waals surface area contributed by atoms with Crippen molar-refractivity contribution in [3.63, 3.8) is 0 Å². The molecular weight excluding hydrogens is 559 g/mol. The number of aromatic nitrogens is 2. The second-order valence-corrected chi connectivity index (χ2v) is 8.90. The summed E-state index contributed by atoms with van der Waals surface area (Å²) < 4.78 is 126. The van der Waals surface area contributed by atoms with Gasteiger partial charge in [0.15, 0.2) is 17.8 Å². The smallest absolute Gasteiger partial charge is 0.277 e. The molecule has 0 saturated heterocycles. The van der Waals surface area contributed by atoms with Crippen molar-refractivity contribution in [3.8, 4) is 23.1 Å². The molecule has 0 aliphatic heterocycles. The highest BCUT2D eigenvalue weighted by Crippen LogP contribution is 2.44. The van der Waals surface area contributed by atoms with Crippen molar-refractivity contribution >= 4 is 10.9 Å². The van der Waals surface area contributed by atoms with Crippen LogP contribution in [0.15, 0.2) is 78.9 Å². The third kappa shape index (κ3) is 5.37. The fourth-order valence-electron chi connectivity index (χ4n) is 4.45. The van der Waals surface area contributed by atoms with Crippen molar-refractivity contribution in [2.75, 3.05) is 0 Å². The highest BCUT2D eigenvalue weighted by atomic mass is 19.4. The third-order valence-electron chi connectivity index (χ3n) is 6.29. The molecule has 0 bridgehead atoms. The average molecular weight is 574 g/mol. The number of hydrogen-bond donors (Lipinski definition) is 1. The Morgan fingerprint density at radius 2 is 1.46 bits per heavy atom. The number of rotatable bonds is 3. The van der Waals surface area contributed by atoms with Gasteiger partial charge in [-0.25, -0.2) is 13.2 Å². The predicted molar refractivity (Wildman–Crippen MR) is 133 cm³/mol. The molecule has 4 aromatic carbocycles. The van der Waals surface area contributed by atoms with Crippen LogP contribution in [0, 0.1) is 23.5 Å². The molecule has 2 nitrogen and oxygen atoms in total. The molecule has 0 spiro atoms. The van der Waals surface area contributed by atoms with E-state index in [9.17, 15) is 35.1 Å². The summed E-state index contributed by atoms with van der Waals surface area (Å²) in [5, 5.41) is 6.19. The summed E-state index contributed by atoms with van der Waals surface area (Å²) in [7, 11) is 0. The van der Waals surface area contributed by atoms with Gasteiger partial charge in [-0.3, -0.25) is 5.10 Å². The number of fused-ring (bicyclic) bond motifs is 1. The monoisotopic (exact) mass is 574 g/mol. The van der Waals surface area contributed by atoms with E-state index in [0.29, 0.717) is 6.07 Å². The van der Waals surface area contributed by atoms with E-state index in [2.05, 4.69) is 22.0 Å². The lowest BCUT2D eigenvalue weighted by Crippen LogP contribution is -2.13. The van der Waals surface area contributed by atoms with Crippen LogP contribution in [0.5, 0.6) is 0 Å². The van der Waals surface area contributed by atoms with Crippen molar-refractivity contribution in [3.05, 3.63) is 124 Å². The topological polar surface area (TPSA) is 28.7 Å². The lowest BCUT2D eigenvalue weighted by Gasteiger charge is -2.18. The van der Waals surface area contributed by atoms with E-state index in [4.69, 9.17) is 0 Å². The Morgan fingerprint density at radius 1 is 0.732 bits per heavy atom. The SMILES string of the molecule is Fc1cccc(C(F)c2ccc3c(-c4cccc(C#Cc5ccccc5C(F)(F)F)c4)n[nH]c3c2C(F)(F)F)c1F. The van der Waals surface area contributed by atoms with Gasteiger partial charge in [0.2, 0.25) is 0 Å². The van der Waals surface area contributed by atoms with Gasteiger partial charge < -0.3 is 0 Å². The van der Waals surface area contributed by atoms with Crippen LogP contribution in [0.3, 0.4) is 0 Å². The molecule has 0 radical (unpaired) electrons. The van der Waals surface area contributed by atoms with Gasteiger partial charge in [-0.2, -0.15) is 31.4 Å². The molecule has 1 N–H and O–H groups in total. The molecule has 0 aliphatic carbocycles. The molecule has 0 saturated carbocycles. The lowest BCUT2D eigenvalue weighted by molar-refractivity contribution is -0.138. The van der Waals surface area contributed by atoms with Crippen LogP contribution in [-0.2, 0) is 12.4 Å². The van der Waals surface area contributed by atoms with Crippen LogP contribution >= 0.6 is 0 Å². The molecule has 0 fully saturated rings. The third-order valence-corrected chi connectivity index (χ3v) is 6.29. The van der Waals surface area contributed by atoms with Crippen molar-refractivity contribution in [2.45, 2.75) is 18.5 Å². The number of aromatic amines is 1. The number of halogens is 9. The molecular formula is C30H15F9N2. The molecule has 0 aliphatic rings. The Hall–Kier alpha value is -4.72. The van der Waals surface area contributed by atoms with Crippen molar-refractivity contribution in [1.82, 2.24) is 10.2 Å². The van der Waals surface area contributed by atoms with Crippen LogP contribution in [0.4, 0.5) is 39.5 Å². The highest BCUT2D eigenvalue weighted by molar-refractivity contribution is 5.95. The zero-order valence-corrected chi connectivity index (χ0v) is 20.4. The molecule has 1 heterocycles. The first kappa shape index (κ1) is 27.8. The second kappa shape index (κ2) is 10.4. The normalized spacial score (nSPS) is 12.7. The van der Waals surface area contributed by atoms with Gasteiger partial charge in [0.25, 0.3) is 0 Å². The molecule has 208 valence electrons. The first-order valence-electron chi connectivity index (χ1n) is 11.8. The van der Waals surface area contributed by atoms with E-state index >= 15 is 4.39 Å². The van der Waals surface area contributed by atoms with Gasteiger partial charge in [0.1, 0.15) is 0 Å². The molecule has 11 heteroatoms. The standard InChI is InChI=1S/C30H15F9N2/c31-23-10-4-8-20(26(23)33)25(32)19-13-14-21-27(40-41-28(21)24(19)30(37,38)39)18-7-3-5-16(15-18)11-12-17-6-1-2-9-22(17)29(34,35)36/h1-10,13-15,25H,(H,40,41). The molecule has 5 rings (SSSR count). The summed E-state index contributed by atoms with van der Waals surface area (Å²) >= 11 is 0. The van der Waals surface area contributed by atoms with Gasteiger partial charge in [-0.05, 0) is 30.3 Å². The summed E-state index contributed by atoms with van der Waals surface area (Å²) in [4.78, 5) is 0. The molecule has 1 aromatic heterocycles. The Labute approximate surface area is 226 Å². The van der Waals surface area contributed by atoms with Gasteiger partial charge in [0, 0.05) is 33.2 Å². The highest BCUT2D eigenvalue weighted by Gasteiger charge is 2.40. The summed E-state index contributed by atoms with van der Waals surface area (Å²) in [5.74, 6) is 2.09. The summed E-state index contributed by atoms with van der Waals surface area (Å²) in [5.41, 5.74) is -4.46. The Bertz CT molecular complexity index is 1820. The molecule has 41 heavy (non-hydrogen) atoms. The summed E-state index contributed by atoms with van der Waals surface area (Å²) in [6.07, 6.45) is -12.4. The molecule has 0 amide bonds. The van der Waals surface area contributed by atoms with E-state index in [0.717, 1.165) is 24.3 Å². The van der Waals surface area contributed by atoms with Gasteiger partial charge in [-0.15, -0.1) is 0 Å². The lowest BCUT2D eigenvalue weighted by atomic mass is 9.94. The maximum Gasteiger partial charge on any atom is 0.418 e. The van der Waals surface area contributed by atoms with Crippen molar-refractivity contribution in [1.29, 1.82) is 0 Å². The van der Waals surface area contributed by atoms with Crippen LogP contribution in [0.1, 0.15) is 39.6 Å². The Morgan fingerprint density at radius 3 is 2.20 bits per heavy atom. The number of benzene rings is 4. The number of hydrogen-bond acceptors (Lipinski definition) is 1. The number of nitrogens with one attached hydrogen (secondary N) is 1. The van der Waals surface area contributed by atoms with E-state index in [1.54, 1.807) is 0 Å². The van der Waals surface area contributed by atoms with E-state index < -0.39 is 57.9 Å². The maximum atomic E-state index is 15.3. The molecule has 1 atom stereocenters. The van der Waals surface area contributed by atoms with Crippen LogP contribution in [0.2, 0.25) is 0 Å². The second-order valence-electron chi connectivity index (χ2n) is 8.90. The zero-order valence-electron chi connectivity index (χ0n) is 20.4. The van der Waals surface area contributed by atoms with E-state index in [1.807, 2.05) is 0 Å². The van der Waals surface area contributed by atoms with E-state index in [-0.39, 0.29) is 27.8 Å². The van der Waals surface area contributed by atoms with E-state index in [1.165, 1.54) is 48.5 Å². The maximum absolute atomic E-state index is 15.3. The first-order chi connectivity index (χ1) is 19.4. The quantitative estimate of drug-likeness (QED) is 0.169. The summed E-state index contributed by atoms with van der Waals surface area (Å²) in [6.45, 7) is 0. The fraction of sp³-hybridized carbons (Fsp3) is 0.100. The minimum absolute atomic E-state index is 0.0312. The minimum atomic E-state index is -5.11. The molecule has 1 unspecified atom stereocenters. The Kier molecular flexibility index (Phi) is 7.03. The first-order valence-corrected chi connectivity index (χ1v) is 11.8. The van der Waals surface area contributed by atoms with Crippen molar-refractivity contribution in [2.24, 2.45) is 0 Å². The van der Waals surface area contributed by atoms with Crippen LogP contribution in [0.25, 0.3) is 22.2 Å². The zero-order chi connectivity index (χ0) is 29.5. The average Bonchev–Trinajstić information content (AvgIpc) is 3.36. The van der Waals surface area contributed by atoms with Gasteiger partial charge in [-0.1, -0.05) is 60.4 Å². The Balaban J connectivity index is 1.59. The fourth-order valence-corrected chi connectivity index (χ4v) is 4.45. The number of H-pyrrole nitrogens is 1. The van der Waals surface area contributed by atoms with Crippen molar-refractivity contribution < 1.29 is 39.5 Å². The van der Waals surface area contributed by atoms with Gasteiger partial charge >= 0.3 is 12.4 Å². The predicted octanol–water partition coefficient (Wildman–Crippen LogP) is 9.00. The largest absolute Gasteiger partial charge is 0.418 e. The van der Waals surface area contributed by atoms with Crippen LogP contribution < -0.4 is 0 Å². The minimum Gasteiger partial charge on any atom is -0.277 e. The number of nitrogens with zero attached hydrogens (tertiary/aromatic N) is 1. The van der Waals surface area contributed by atoms with Crippen LogP contribution in [-0.4, -0.2) is 10.2 Å². The number of alkyl halides is 7.